The molecule has 0 aliphatic carbocycles. The molecule has 0 spiro atoms. The van der Waals surface area contributed by atoms with Crippen molar-refractivity contribution in [2.75, 3.05) is 18.4 Å². The quantitative estimate of drug-likeness (QED) is 0.666. The zero-order valence-electron chi connectivity index (χ0n) is 10.8. The van der Waals surface area contributed by atoms with E-state index >= 15 is 0 Å². The number of anilines is 1. The standard InChI is InChI=1S/C13H18N4O2/c18-17(19)12-4-1-6-14-13(12)15-10-5-8-16-7-2-3-11(16)9-10/h1,4,6,10-11H,2-3,5,7-9H2,(H,14,15). The fourth-order valence-corrected chi connectivity index (χ4v) is 3.20. The van der Waals surface area contributed by atoms with Crippen molar-refractivity contribution < 1.29 is 4.92 Å². The Morgan fingerprint density at radius 2 is 2.32 bits per heavy atom. The Hall–Kier alpha value is -1.69. The first-order valence-electron chi connectivity index (χ1n) is 6.84. The highest BCUT2D eigenvalue weighted by molar-refractivity contribution is 5.55. The maximum Gasteiger partial charge on any atom is 0.311 e. The van der Waals surface area contributed by atoms with E-state index in [1.807, 2.05) is 0 Å². The molecule has 2 saturated heterocycles. The monoisotopic (exact) mass is 262 g/mol. The zero-order valence-corrected chi connectivity index (χ0v) is 10.8. The number of aromatic nitrogens is 1. The van der Waals surface area contributed by atoms with Gasteiger partial charge in [-0.1, -0.05) is 0 Å². The van der Waals surface area contributed by atoms with Gasteiger partial charge < -0.3 is 10.2 Å². The maximum atomic E-state index is 11.0. The molecule has 0 aromatic carbocycles. The summed E-state index contributed by atoms with van der Waals surface area (Å²) in [5.74, 6) is 0.406. The summed E-state index contributed by atoms with van der Waals surface area (Å²) >= 11 is 0. The highest BCUT2D eigenvalue weighted by Gasteiger charge is 2.32. The normalized spacial score (nSPS) is 26.9. The average Bonchev–Trinajstić information content (AvgIpc) is 2.86. The lowest BCUT2D eigenvalue weighted by Crippen LogP contribution is -2.42. The van der Waals surface area contributed by atoms with Gasteiger partial charge in [0.1, 0.15) is 0 Å². The van der Waals surface area contributed by atoms with Crippen molar-refractivity contribution in [2.45, 2.75) is 37.8 Å². The number of nitrogens with zero attached hydrogens (tertiary/aromatic N) is 3. The van der Waals surface area contributed by atoms with E-state index in [0.29, 0.717) is 17.9 Å². The summed E-state index contributed by atoms with van der Waals surface area (Å²) in [6.45, 7) is 2.30. The van der Waals surface area contributed by atoms with E-state index in [0.717, 1.165) is 19.4 Å². The van der Waals surface area contributed by atoms with Crippen LogP contribution in [0.4, 0.5) is 11.5 Å². The second kappa shape index (κ2) is 5.13. The average molecular weight is 262 g/mol. The lowest BCUT2D eigenvalue weighted by molar-refractivity contribution is -0.384. The van der Waals surface area contributed by atoms with Crippen LogP contribution in [0.15, 0.2) is 18.3 Å². The first-order valence-corrected chi connectivity index (χ1v) is 6.84. The summed E-state index contributed by atoms with van der Waals surface area (Å²) in [5.41, 5.74) is 0.0661. The predicted octanol–water partition coefficient (Wildman–Crippen LogP) is 2.03. The Kier molecular flexibility index (Phi) is 3.33. The summed E-state index contributed by atoms with van der Waals surface area (Å²) in [5, 5.41) is 14.2. The van der Waals surface area contributed by atoms with Crippen LogP contribution in [0.2, 0.25) is 0 Å². The molecule has 2 atom stereocenters. The lowest BCUT2D eigenvalue weighted by atomic mass is 9.97. The van der Waals surface area contributed by atoms with Gasteiger partial charge in [-0.05, 0) is 38.3 Å². The molecule has 6 nitrogen and oxygen atoms in total. The van der Waals surface area contributed by atoms with Crippen LogP contribution in [0, 0.1) is 10.1 Å². The second-order valence-electron chi connectivity index (χ2n) is 5.33. The SMILES string of the molecule is O=[N+]([O-])c1cccnc1NC1CCN2CCCC2C1. The van der Waals surface area contributed by atoms with E-state index in [1.165, 1.54) is 25.5 Å². The van der Waals surface area contributed by atoms with Gasteiger partial charge in [0.15, 0.2) is 0 Å². The molecule has 2 aliphatic rings. The summed E-state index contributed by atoms with van der Waals surface area (Å²) in [6.07, 6.45) is 6.22. The van der Waals surface area contributed by atoms with Crippen LogP contribution in [0.3, 0.4) is 0 Å². The van der Waals surface area contributed by atoms with E-state index in [9.17, 15) is 10.1 Å². The first kappa shape index (κ1) is 12.3. The minimum atomic E-state index is -0.375. The molecule has 3 heterocycles. The third-order valence-corrected chi connectivity index (χ3v) is 4.14. The molecule has 3 rings (SSSR count). The van der Waals surface area contributed by atoms with Crippen LogP contribution in [0.25, 0.3) is 0 Å². The molecule has 2 unspecified atom stereocenters. The molecule has 1 aromatic heterocycles. The summed E-state index contributed by atoms with van der Waals surface area (Å²) in [6, 6.07) is 4.05. The maximum absolute atomic E-state index is 11.0. The van der Waals surface area contributed by atoms with E-state index in [4.69, 9.17) is 0 Å². The van der Waals surface area contributed by atoms with Gasteiger partial charge in [0.2, 0.25) is 5.82 Å². The van der Waals surface area contributed by atoms with Crippen LogP contribution >= 0.6 is 0 Å². The van der Waals surface area contributed by atoms with Crippen LogP contribution in [-0.2, 0) is 0 Å². The number of hydrogen-bond acceptors (Lipinski definition) is 5. The lowest BCUT2D eigenvalue weighted by Gasteiger charge is -2.35. The number of nitrogens with one attached hydrogen (secondary N) is 1. The molecule has 6 heteroatoms. The number of hydrogen-bond donors (Lipinski definition) is 1. The minimum absolute atomic E-state index is 0.0661. The van der Waals surface area contributed by atoms with Gasteiger partial charge in [0.05, 0.1) is 4.92 Å². The van der Waals surface area contributed by atoms with Gasteiger partial charge in [-0.15, -0.1) is 0 Å². The van der Waals surface area contributed by atoms with Gasteiger partial charge in [-0.25, -0.2) is 4.98 Å². The van der Waals surface area contributed by atoms with Crippen molar-refractivity contribution in [1.29, 1.82) is 0 Å². The van der Waals surface area contributed by atoms with E-state index in [2.05, 4.69) is 15.2 Å². The Bertz CT molecular complexity index is 479. The Morgan fingerprint density at radius 1 is 1.42 bits per heavy atom. The molecule has 19 heavy (non-hydrogen) atoms. The predicted molar refractivity (Wildman–Crippen MR) is 72.1 cm³/mol. The van der Waals surface area contributed by atoms with Crippen molar-refractivity contribution >= 4 is 11.5 Å². The molecule has 2 fully saturated rings. The minimum Gasteiger partial charge on any atom is -0.362 e. The van der Waals surface area contributed by atoms with Crippen molar-refractivity contribution in [2.24, 2.45) is 0 Å². The zero-order chi connectivity index (χ0) is 13.2. The molecule has 1 aromatic rings. The van der Waals surface area contributed by atoms with E-state index in [-0.39, 0.29) is 10.6 Å². The third-order valence-electron chi connectivity index (χ3n) is 4.14. The highest BCUT2D eigenvalue weighted by Crippen LogP contribution is 2.30. The van der Waals surface area contributed by atoms with Gasteiger partial charge in [-0.3, -0.25) is 10.1 Å². The van der Waals surface area contributed by atoms with Crippen molar-refractivity contribution in [3.05, 3.63) is 28.4 Å². The Balaban J connectivity index is 1.70. The fourth-order valence-electron chi connectivity index (χ4n) is 3.20. The van der Waals surface area contributed by atoms with Crippen molar-refractivity contribution in [3.8, 4) is 0 Å². The van der Waals surface area contributed by atoms with Crippen LogP contribution in [0.5, 0.6) is 0 Å². The van der Waals surface area contributed by atoms with E-state index in [1.54, 1.807) is 12.3 Å². The summed E-state index contributed by atoms with van der Waals surface area (Å²) in [7, 11) is 0. The molecule has 2 aliphatic heterocycles. The van der Waals surface area contributed by atoms with Crippen molar-refractivity contribution in [3.63, 3.8) is 0 Å². The molecule has 102 valence electrons. The topological polar surface area (TPSA) is 71.3 Å². The molecule has 0 amide bonds. The molecule has 0 radical (unpaired) electrons. The number of pyridine rings is 1. The molecule has 0 bridgehead atoms. The highest BCUT2D eigenvalue weighted by atomic mass is 16.6. The Labute approximate surface area is 112 Å². The van der Waals surface area contributed by atoms with Gasteiger partial charge >= 0.3 is 5.69 Å². The number of fused-ring (bicyclic) bond motifs is 1. The molecule has 0 saturated carbocycles. The smallest absolute Gasteiger partial charge is 0.311 e. The van der Waals surface area contributed by atoms with Crippen molar-refractivity contribution in [1.82, 2.24) is 9.88 Å². The first-order chi connectivity index (χ1) is 9.24. The molecular weight excluding hydrogens is 244 g/mol. The van der Waals surface area contributed by atoms with Crippen LogP contribution in [0.1, 0.15) is 25.7 Å². The number of piperidine rings is 1. The summed E-state index contributed by atoms with van der Waals surface area (Å²) < 4.78 is 0. The third kappa shape index (κ3) is 2.53. The van der Waals surface area contributed by atoms with Crippen LogP contribution < -0.4 is 5.32 Å². The van der Waals surface area contributed by atoms with Crippen LogP contribution in [-0.4, -0.2) is 40.0 Å². The van der Waals surface area contributed by atoms with Gasteiger partial charge in [0, 0.05) is 30.9 Å². The largest absolute Gasteiger partial charge is 0.362 e. The molecule has 1 N–H and O–H groups in total. The second-order valence-corrected chi connectivity index (χ2v) is 5.33. The van der Waals surface area contributed by atoms with E-state index < -0.39 is 0 Å². The summed E-state index contributed by atoms with van der Waals surface area (Å²) in [4.78, 5) is 17.2. The molecular formula is C13H18N4O2. The number of nitro groups is 1. The Morgan fingerprint density at radius 3 is 3.16 bits per heavy atom. The van der Waals surface area contributed by atoms with Gasteiger partial charge in [-0.2, -0.15) is 0 Å². The fraction of sp³-hybridized carbons (Fsp3) is 0.615. The number of rotatable bonds is 3. The van der Waals surface area contributed by atoms with Gasteiger partial charge in [0.25, 0.3) is 0 Å².